The zero-order valence-electron chi connectivity index (χ0n) is 8.10. The van der Waals surface area contributed by atoms with Gasteiger partial charge in [0.1, 0.15) is 5.69 Å². The average molecular weight is 191 g/mol. The van der Waals surface area contributed by atoms with Crippen molar-refractivity contribution in [3.05, 3.63) is 29.6 Å². The predicted octanol–water partition coefficient (Wildman–Crippen LogP) is 0.173. The van der Waals surface area contributed by atoms with Gasteiger partial charge in [0.25, 0.3) is 5.91 Å². The molecule has 0 spiro atoms. The second-order valence-corrected chi connectivity index (χ2v) is 3.63. The van der Waals surface area contributed by atoms with Crippen LogP contribution in [0.3, 0.4) is 0 Å². The van der Waals surface area contributed by atoms with Crippen LogP contribution in [-0.4, -0.2) is 34.9 Å². The summed E-state index contributed by atoms with van der Waals surface area (Å²) in [6.07, 6.45) is 0. The number of carbonyl (C=O) groups excluding carboxylic acids is 1. The van der Waals surface area contributed by atoms with Crippen LogP contribution in [0.15, 0.2) is 18.2 Å². The molecule has 1 saturated heterocycles. The molecule has 2 N–H and O–H groups in total. The van der Waals surface area contributed by atoms with Gasteiger partial charge in [-0.05, 0) is 19.1 Å². The van der Waals surface area contributed by atoms with Crippen LogP contribution in [0.4, 0.5) is 0 Å². The molecule has 0 radical (unpaired) electrons. The summed E-state index contributed by atoms with van der Waals surface area (Å²) >= 11 is 0. The Morgan fingerprint density at radius 1 is 1.57 bits per heavy atom. The van der Waals surface area contributed by atoms with E-state index in [9.17, 15) is 4.79 Å². The van der Waals surface area contributed by atoms with Gasteiger partial charge in [-0.2, -0.15) is 0 Å². The van der Waals surface area contributed by atoms with E-state index >= 15 is 0 Å². The molecule has 1 aliphatic heterocycles. The number of hydrogen-bond donors (Lipinski definition) is 1. The largest absolute Gasteiger partial charge is 0.334 e. The summed E-state index contributed by atoms with van der Waals surface area (Å²) in [4.78, 5) is 17.6. The minimum absolute atomic E-state index is 0.0181. The lowest BCUT2D eigenvalue weighted by atomic mass is 10.1. The monoisotopic (exact) mass is 191 g/mol. The Kier molecular flexibility index (Phi) is 2.21. The van der Waals surface area contributed by atoms with E-state index in [-0.39, 0.29) is 11.9 Å². The lowest BCUT2D eigenvalue weighted by molar-refractivity contribution is 0.0601. The van der Waals surface area contributed by atoms with Crippen LogP contribution >= 0.6 is 0 Å². The molecule has 0 saturated carbocycles. The third-order valence-corrected chi connectivity index (χ3v) is 2.30. The number of aryl methyl sites for hydroxylation is 1. The molecule has 0 unspecified atom stereocenters. The minimum Gasteiger partial charge on any atom is -0.334 e. The van der Waals surface area contributed by atoms with Crippen LogP contribution in [0.25, 0.3) is 0 Å². The summed E-state index contributed by atoms with van der Waals surface area (Å²) in [5.74, 6) is -0.0181. The maximum atomic E-state index is 11.7. The molecule has 2 rings (SSSR count). The van der Waals surface area contributed by atoms with Gasteiger partial charge >= 0.3 is 0 Å². The second-order valence-electron chi connectivity index (χ2n) is 3.63. The number of rotatable bonds is 1. The van der Waals surface area contributed by atoms with Gasteiger partial charge in [-0.3, -0.25) is 4.79 Å². The second kappa shape index (κ2) is 3.38. The normalized spacial score (nSPS) is 16.6. The molecule has 4 nitrogen and oxygen atoms in total. The van der Waals surface area contributed by atoms with Gasteiger partial charge in [0, 0.05) is 24.8 Å². The van der Waals surface area contributed by atoms with E-state index in [1.165, 1.54) is 0 Å². The van der Waals surface area contributed by atoms with Crippen molar-refractivity contribution in [1.82, 2.24) is 9.88 Å². The quantitative estimate of drug-likeness (QED) is 0.688. The van der Waals surface area contributed by atoms with Gasteiger partial charge in [0.05, 0.1) is 0 Å². The van der Waals surface area contributed by atoms with E-state index in [0.717, 1.165) is 5.69 Å². The zero-order chi connectivity index (χ0) is 10.1. The van der Waals surface area contributed by atoms with E-state index in [4.69, 9.17) is 5.73 Å². The molecule has 1 fully saturated rings. The van der Waals surface area contributed by atoms with E-state index < -0.39 is 0 Å². The molecule has 0 atom stereocenters. The predicted molar refractivity (Wildman–Crippen MR) is 52.9 cm³/mol. The number of amides is 1. The standard InChI is InChI=1S/C10H13N3O/c1-7-3-2-4-9(12-7)10(14)13-5-8(11)6-13/h2-4,8H,5-6,11H2,1H3. The maximum absolute atomic E-state index is 11.7. The third kappa shape index (κ3) is 1.61. The third-order valence-electron chi connectivity index (χ3n) is 2.30. The highest BCUT2D eigenvalue weighted by atomic mass is 16.2. The number of pyridine rings is 1. The first kappa shape index (κ1) is 9.15. The SMILES string of the molecule is Cc1cccc(C(=O)N2CC(N)C2)n1. The van der Waals surface area contributed by atoms with Crippen molar-refractivity contribution in [2.75, 3.05) is 13.1 Å². The van der Waals surface area contributed by atoms with Crippen molar-refractivity contribution in [3.63, 3.8) is 0 Å². The lowest BCUT2D eigenvalue weighted by Gasteiger charge is -2.36. The molecule has 14 heavy (non-hydrogen) atoms. The summed E-state index contributed by atoms with van der Waals surface area (Å²) in [7, 11) is 0. The van der Waals surface area contributed by atoms with Gasteiger partial charge < -0.3 is 10.6 Å². The Balaban J connectivity index is 2.12. The molecule has 2 heterocycles. The molecule has 1 amide bonds. The fraction of sp³-hybridized carbons (Fsp3) is 0.400. The zero-order valence-corrected chi connectivity index (χ0v) is 8.10. The highest BCUT2D eigenvalue weighted by Gasteiger charge is 2.28. The number of aromatic nitrogens is 1. The Bertz CT molecular complexity index is 358. The summed E-state index contributed by atoms with van der Waals surface area (Å²) in [5, 5.41) is 0. The molecule has 1 aromatic rings. The van der Waals surface area contributed by atoms with Crippen LogP contribution in [0.2, 0.25) is 0 Å². The van der Waals surface area contributed by atoms with E-state index in [0.29, 0.717) is 18.8 Å². The Hall–Kier alpha value is -1.42. The molecular formula is C10H13N3O. The van der Waals surface area contributed by atoms with Gasteiger partial charge in [-0.15, -0.1) is 0 Å². The van der Waals surface area contributed by atoms with Crippen molar-refractivity contribution < 1.29 is 4.79 Å². The van der Waals surface area contributed by atoms with Crippen molar-refractivity contribution in [3.8, 4) is 0 Å². The van der Waals surface area contributed by atoms with Crippen LogP contribution in [0.5, 0.6) is 0 Å². The number of hydrogen-bond acceptors (Lipinski definition) is 3. The number of nitrogens with zero attached hydrogens (tertiary/aromatic N) is 2. The first-order valence-electron chi connectivity index (χ1n) is 4.65. The smallest absolute Gasteiger partial charge is 0.272 e. The molecular weight excluding hydrogens is 178 g/mol. The van der Waals surface area contributed by atoms with Crippen LogP contribution in [0, 0.1) is 6.92 Å². The lowest BCUT2D eigenvalue weighted by Crippen LogP contribution is -2.57. The van der Waals surface area contributed by atoms with Crippen LogP contribution in [-0.2, 0) is 0 Å². The number of carbonyl (C=O) groups is 1. The molecule has 1 aliphatic rings. The summed E-state index contributed by atoms with van der Waals surface area (Å²) in [5.41, 5.74) is 6.97. The van der Waals surface area contributed by atoms with Crippen LogP contribution in [0.1, 0.15) is 16.2 Å². The molecule has 1 aromatic heterocycles. The minimum atomic E-state index is -0.0181. The van der Waals surface area contributed by atoms with Gasteiger partial charge in [0.2, 0.25) is 0 Å². The summed E-state index contributed by atoms with van der Waals surface area (Å²) in [6, 6.07) is 5.59. The van der Waals surface area contributed by atoms with Crippen molar-refractivity contribution in [2.45, 2.75) is 13.0 Å². The number of nitrogens with two attached hydrogens (primary N) is 1. The van der Waals surface area contributed by atoms with Crippen molar-refractivity contribution in [2.24, 2.45) is 5.73 Å². The number of likely N-dealkylation sites (tertiary alicyclic amines) is 1. The molecule has 0 bridgehead atoms. The van der Waals surface area contributed by atoms with Crippen molar-refractivity contribution >= 4 is 5.91 Å². The average Bonchev–Trinajstić information content (AvgIpc) is 2.12. The Morgan fingerprint density at radius 2 is 2.29 bits per heavy atom. The Labute approximate surface area is 82.7 Å². The van der Waals surface area contributed by atoms with E-state index in [1.807, 2.05) is 19.1 Å². The molecule has 4 heteroatoms. The maximum Gasteiger partial charge on any atom is 0.272 e. The Morgan fingerprint density at radius 3 is 2.86 bits per heavy atom. The van der Waals surface area contributed by atoms with E-state index in [2.05, 4.69) is 4.98 Å². The van der Waals surface area contributed by atoms with Gasteiger partial charge in [0.15, 0.2) is 0 Å². The summed E-state index contributed by atoms with van der Waals surface area (Å²) < 4.78 is 0. The van der Waals surface area contributed by atoms with Gasteiger partial charge in [-0.25, -0.2) is 4.98 Å². The molecule has 0 aliphatic carbocycles. The fourth-order valence-electron chi connectivity index (χ4n) is 1.50. The molecule has 74 valence electrons. The fourth-order valence-corrected chi connectivity index (χ4v) is 1.50. The summed E-state index contributed by atoms with van der Waals surface area (Å²) in [6.45, 7) is 3.17. The topological polar surface area (TPSA) is 59.2 Å². The highest BCUT2D eigenvalue weighted by molar-refractivity contribution is 5.92. The van der Waals surface area contributed by atoms with Crippen molar-refractivity contribution in [1.29, 1.82) is 0 Å². The van der Waals surface area contributed by atoms with Crippen LogP contribution < -0.4 is 5.73 Å². The first-order chi connectivity index (χ1) is 6.66. The van der Waals surface area contributed by atoms with E-state index in [1.54, 1.807) is 11.0 Å². The first-order valence-corrected chi connectivity index (χ1v) is 4.65. The van der Waals surface area contributed by atoms with Gasteiger partial charge in [-0.1, -0.05) is 6.07 Å². The molecule has 0 aromatic carbocycles. The highest BCUT2D eigenvalue weighted by Crippen LogP contribution is 2.10.